The first-order valence-corrected chi connectivity index (χ1v) is 10.6. The summed E-state index contributed by atoms with van der Waals surface area (Å²) in [6.45, 7) is 11.4. The number of carbonyl (C=O) groups excluding carboxylic acids is 1. The van der Waals surface area contributed by atoms with E-state index in [1.165, 1.54) is 5.56 Å². The summed E-state index contributed by atoms with van der Waals surface area (Å²) >= 11 is 0. The smallest absolute Gasteiger partial charge is 0.410 e. The minimum atomic E-state index is -0.445. The minimum absolute atomic E-state index is 0. The Hall–Kier alpha value is -1.75. The van der Waals surface area contributed by atoms with Gasteiger partial charge in [0.05, 0.1) is 7.11 Å². The van der Waals surface area contributed by atoms with Crippen LogP contribution in [-0.4, -0.2) is 80.9 Å². The van der Waals surface area contributed by atoms with Gasteiger partial charge in [-0.1, -0.05) is 12.1 Å². The summed E-state index contributed by atoms with van der Waals surface area (Å²) < 4.78 is 10.6. The molecule has 8 nitrogen and oxygen atoms in total. The van der Waals surface area contributed by atoms with Crippen molar-refractivity contribution in [3.8, 4) is 5.75 Å². The topological polar surface area (TPSA) is 78.4 Å². The van der Waals surface area contributed by atoms with Gasteiger partial charge < -0.3 is 25.0 Å². The van der Waals surface area contributed by atoms with Crippen molar-refractivity contribution in [1.82, 2.24) is 20.4 Å². The normalized spacial score (nSPS) is 15.1. The molecule has 2 N–H and O–H groups in total. The van der Waals surface area contributed by atoms with Gasteiger partial charge in [-0.05, 0) is 51.4 Å². The summed E-state index contributed by atoms with van der Waals surface area (Å²) in [5.74, 6) is 1.65. The SMILES string of the molecule is CN=C(NCCCN1CCN(C(=O)OC(C)(C)C)CC1)NCc1ccc(OC)cc1.I. The second-order valence-corrected chi connectivity index (χ2v) is 8.36. The van der Waals surface area contributed by atoms with Crippen LogP contribution in [0.4, 0.5) is 4.79 Å². The monoisotopic (exact) mass is 547 g/mol. The molecule has 0 radical (unpaired) electrons. The molecule has 9 heteroatoms. The number of nitrogens with one attached hydrogen (secondary N) is 2. The summed E-state index contributed by atoms with van der Waals surface area (Å²) in [5, 5.41) is 6.68. The number of methoxy groups -OCH3 is 1. The standard InChI is InChI=1S/C22H37N5O3.HI/c1-22(2,3)30-21(28)27-15-13-26(14-16-27)12-6-11-24-20(23-4)25-17-18-7-9-19(29-5)10-8-18;/h7-10H,6,11-17H2,1-5H3,(H2,23,24,25);1H. The van der Waals surface area contributed by atoms with Crippen molar-refractivity contribution in [3.05, 3.63) is 29.8 Å². The molecule has 0 spiro atoms. The molecule has 2 rings (SSSR count). The van der Waals surface area contributed by atoms with Crippen molar-refractivity contribution in [3.63, 3.8) is 0 Å². The second kappa shape index (κ2) is 13.6. The zero-order valence-corrected chi connectivity index (χ0v) is 21.8. The number of ether oxygens (including phenoxy) is 2. The lowest BCUT2D eigenvalue weighted by Crippen LogP contribution is -2.50. The van der Waals surface area contributed by atoms with E-state index in [-0.39, 0.29) is 30.1 Å². The quantitative estimate of drug-likeness (QED) is 0.237. The van der Waals surface area contributed by atoms with Crippen LogP contribution in [-0.2, 0) is 11.3 Å². The van der Waals surface area contributed by atoms with Gasteiger partial charge in [-0.15, -0.1) is 24.0 Å². The molecular weight excluding hydrogens is 509 g/mol. The fraction of sp³-hybridized carbons (Fsp3) is 0.636. The van der Waals surface area contributed by atoms with Gasteiger partial charge >= 0.3 is 6.09 Å². The Balaban J connectivity index is 0.00000480. The van der Waals surface area contributed by atoms with Crippen molar-refractivity contribution in [2.24, 2.45) is 4.99 Å². The third-order valence-electron chi connectivity index (χ3n) is 4.81. The highest BCUT2D eigenvalue weighted by Gasteiger charge is 2.25. The molecule has 1 aromatic carbocycles. The van der Waals surface area contributed by atoms with E-state index >= 15 is 0 Å². The van der Waals surface area contributed by atoms with Crippen LogP contribution < -0.4 is 15.4 Å². The summed E-state index contributed by atoms with van der Waals surface area (Å²) in [6.07, 6.45) is 0.797. The van der Waals surface area contributed by atoms with Crippen LogP contribution in [0.5, 0.6) is 5.75 Å². The van der Waals surface area contributed by atoms with E-state index in [1.807, 2.05) is 45.0 Å². The average molecular weight is 547 g/mol. The molecule has 1 aliphatic rings. The van der Waals surface area contributed by atoms with Crippen molar-refractivity contribution in [2.45, 2.75) is 39.3 Å². The van der Waals surface area contributed by atoms with Gasteiger partial charge in [0.1, 0.15) is 11.4 Å². The van der Waals surface area contributed by atoms with Crippen molar-refractivity contribution >= 4 is 36.0 Å². The molecule has 31 heavy (non-hydrogen) atoms. The van der Waals surface area contributed by atoms with Gasteiger partial charge in [-0.2, -0.15) is 0 Å². The van der Waals surface area contributed by atoms with Gasteiger partial charge in [0.15, 0.2) is 5.96 Å². The molecule has 0 aromatic heterocycles. The number of benzene rings is 1. The molecule has 176 valence electrons. The van der Waals surface area contributed by atoms with E-state index in [4.69, 9.17) is 9.47 Å². The highest BCUT2D eigenvalue weighted by Crippen LogP contribution is 2.12. The van der Waals surface area contributed by atoms with E-state index in [0.717, 1.165) is 44.3 Å². The number of carbonyl (C=O) groups is 1. The summed E-state index contributed by atoms with van der Waals surface area (Å²) in [4.78, 5) is 20.6. The fourth-order valence-corrected chi connectivity index (χ4v) is 3.14. The van der Waals surface area contributed by atoms with E-state index < -0.39 is 5.60 Å². The maximum absolute atomic E-state index is 12.1. The molecule has 1 amide bonds. The Morgan fingerprint density at radius 3 is 2.29 bits per heavy atom. The summed E-state index contributed by atoms with van der Waals surface area (Å²) in [7, 11) is 3.44. The predicted octanol–water partition coefficient (Wildman–Crippen LogP) is 2.92. The zero-order chi connectivity index (χ0) is 22.0. The van der Waals surface area contributed by atoms with E-state index in [2.05, 4.69) is 20.5 Å². The molecule has 0 unspecified atom stereocenters. The van der Waals surface area contributed by atoms with E-state index in [1.54, 1.807) is 19.1 Å². The maximum Gasteiger partial charge on any atom is 0.410 e. The highest BCUT2D eigenvalue weighted by atomic mass is 127. The van der Waals surface area contributed by atoms with Gasteiger partial charge in [0, 0.05) is 46.3 Å². The van der Waals surface area contributed by atoms with Crippen LogP contribution in [0.2, 0.25) is 0 Å². The molecule has 1 saturated heterocycles. The molecule has 0 aliphatic carbocycles. The molecule has 1 aromatic rings. The Morgan fingerprint density at radius 2 is 1.74 bits per heavy atom. The lowest BCUT2D eigenvalue weighted by atomic mass is 10.2. The first-order valence-electron chi connectivity index (χ1n) is 10.6. The molecule has 0 atom stereocenters. The summed E-state index contributed by atoms with van der Waals surface area (Å²) in [5.41, 5.74) is 0.724. The van der Waals surface area contributed by atoms with Crippen molar-refractivity contribution in [2.75, 3.05) is 53.4 Å². The molecule has 0 bridgehead atoms. The van der Waals surface area contributed by atoms with E-state index in [9.17, 15) is 4.79 Å². The molecule has 1 fully saturated rings. The third kappa shape index (κ3) is 10.4. The number of aliphatic imine (C=N–C) groups is 1. The molecule has 1 aliphatic heterocycles. The number of piperazine rings is 1. The first kappa shape index (κ1) is 27.3. The Labute approximate surface area is 203 Å². The molecule has 1 heterocycles. The number of hydrogen-bond donors (Lipinski definition) is 2. The number of nitrogens with zero attached hydrogens (tertiary/aromatic N) is 3. The first-order chi connectivity index (χ1) is 14.3. The summed E-state index contributed by atoms with van der Waals surface area (Å²) in [6, 6.07) is 7.98. The van der Waals surface area contributed by atoms with Crippen LogP contribution in [0.25, 0.3) is 0 Å². The number of rotatable bonds is 7. The number of guanidine groups is 1. The fourth-order valence-electron chi connectivity index (χ4n) is 3.14. The van der Waals surface area contributed by atoms with Crippen LogP contribution in [0.3, 0.4) is 0 Å². The minimum Gasteiger partial charge on any atom is -0.497 e. The van der Waals surface area contributed by atoms with Gasteiger partial charge in [-0.3, -0.25) is 9.89 Å². The molecule has 0 saturated carbocycles. The average Bonchev–Trinajstić information content (AvgIpc) is 2.73. The molecular formula is C22H38IN5O3. The largest absolute Gasteiger partial charge is 0.497 e. The van der Waals surface area contributed by atoms with Crippen LogP contribution in [0.15, 0.2) is 29.3 Å². The van der Waals surface area contributed by atoms with Crippen LogP contribution >= 0.6 is 24.0 Å². The Bertz CT molecular complexity index is 683. The lowest BCUT2D eigenvalue weighted by Gasteiger charge is -2.35. The zero-order valence-electron chi connectivity index (χ0n) is 19.4. The van der Waals surface area contributed by atoms with E-state index in [0.29, 0.717) is 19.6 Å². The van der Waals surface area contributed by atoms with Crippen molar-refractivity contribution in [1.29, 1.82) is 0 Å². The second-order valence-electron chi connectivity index (χ2n) is 8.36. The third-order valence-corrected chi connectivity index (χ3v) is 4.81. The van der Waals surface area contributed by atoms with Crippen LogP contribution in [0, 0.1) is 0 Å². The van der Waals surface area contributed by atoms with Crippen LogP contribution in [0.1, 0.15) is 32.8 Å². The lowest BCUT2D eigenvalue weighted by molar-refractivity contribution is 0.0145. The highest BCUT2D eigenvalue weighted by molar-refractivity contribution is 14.0. The maximum atomic E-state index is 12.1. The van der Waals surface area contributed by atoms with Gasteiger partial charge in [0.25, 0.3) is 0 Å². The Kier molecular flexibility index (Phi) is 12.0. The number of amides is 1. The number of halogens is 1. The van der Waals surface area contributed by atoms with Crippen molar-refractivity contribution < 1.29 is 14.3 Å². The van der Waals surface area contributed by atoms with Gasteiger partial charge in [-0.25, -0.2) is 4.79 Å². The predicted molar refractivity (Wildman–Crippen MR) is 135 cm³/mol. The Morgan fingerprint density at radius 1 is 1.10 bits per heavy atom. The van der Waals surface area contributed by atoms with Gasteiger partial charge in [0.2, 0.25) is 0 Å². The number of hydrogen-bond acceptors (Lipinski definition) is 5.